The van der Waals surface area contributed by atoms with Gasteiger partial charge in [-0.15, -0.1) is 0 Å². The average Bonchev–Trinajstić information content (AvgIpc) is 2.64. The molecule has 0 amide bonds. The highest BCUT2D eigenvalue weighted by molar-refractivity contribution is 6.32. The van der Waals surface area contributed by atoms with Crippen molar-refractivity contribution in [2.75, 3.05) is 0 Å². The molecule has 0 fully saturated rings. The minimum atomic E-state index is -1.22. The van der Waals surface area contributed by atoms with Gasteiger partial charge in [-0.05, 0) is 18.9 Å². The second-order valence-corrected chi connectivity index (χ2v) is 6.32. The van der Waals surface area contributed by atoms with Crippen molar-refractivity contribution in [2.24, 2.45) is 0 Å². The molecule has 0 aliphatic rings. The number of halogens is 1. The zero-order valence-corrected chi connectivity index (χ0v) is 15.6. The first-order valence-corrected chi connectivity index (χ1v) is 8.87. The molecule has 4 N–H and O–H groups in total. The molecule has 0 heterocycles. The normalized spacial score (nSPS) is 11.8. The van der Waals surface area contributed by atoms with Gasteiger partial charge in [-0.25, -0.2) is 4.79 Å². The van der Waals surface area contributed by atoms with Gasteiger partial charge in [0.15, 0.2) is 5.75 Å². The smallest absolute Gasteiger partial charge is 0.349 e. The Morgan fingerprint density at radius 2 is 1.96 bits per heavy atom. The molecule has 138 valence electrons. The first-order valence-electron chi connectivity index (χ1n) is 8.49. The molecule has 0 aliphatic heterocycles. The van der Waals surface area contributed by atoms with Gasteiger partial charge in [0.2, 0.25) is 6.10 Å². The Hall–Kier alpha value is -2.53. The molecule has 2 aromatic carbocycles. The number of aliphatic carboxylic acids is 1. The highest BCUT2D eigenvalue weighted by Crippen LogP contribution is 2.41. The molecule has 0 aliphatic carbocycles. The quantitative estimate of drug-likeness (QED) is 0.516. The van der Waals surface area contributed by atoms with Gasteiger partial charge in [-0.3, -0.25) is 0 Å². The second-order valence-electron chi connectivity index (χ2n) is 5.92. The van der Waals surface area contributed by atoms with Crippen LogP contribution in [-0.4, -0.2) is 21.9 Å². The minimum absolute atomic E-state index is 0.176. The molecule has 0 aromatic heterocycles. The van der Waals surface area contributed by atoms with Gasteiger partial charge < -0.3 is 20.4 Å². The highest BCUT2D eigenvalue weighted by atomic mass is 35.5. The van der Waals surface area contributed by atoms with Gasteiger partial charge in [-0.1, -0.05) is 62.2 Å². The highest BCUT2D eigenvalue weighted by Gasteiger charge is 2.28. The van der Waals surface area contributed by atoms with Crippen molar-refractivity contribution in [2.45, 2.75) is 39.2 Å². The average molecular weight is 377 g/mol. The summed E-state index contributed by atoms with van der Waals surface area (Å²) in [6.45, 7) is 3.80. The summed E-state index contributed by atoms with van der Waals surface area (Å²) in [7, 11) is 0. The van der Waals surface area contributed by atoms with Gasteiger partial charge in [0.1, 0.15) is 0 Å². The third-order valence-electron chi connectivity index (χ3n) is 4.07. The van der Waals surface area contributed by atoms with Gasteiger partial charge in [-0.2, -0.15) is 0 Å². The van der Waals surface area contributed by atoms with Crippen LogP contribution in [-0.2, 0) is 11.2 Å². The summed E-state index contributed by atoms with van der Waals surface area (Å²) in [6.07, 6.45) is 0.514. The van der Waals surface area contributed by atoms with Crippen molar-refractivity contribution in [1.82, 2.24) is 0 Å². The van der Waals surface area contributed by atoms with Gasteiger partial charge in [0, 0.05) is 11.3 Å². The third-order valence-corrected chi connectivity index (χ3v) is 4.35. The van der Waals surface area contributed by atoms with E-state index in [1.165, 1.54) is 6.07 Å². The molecule has 2 rings (SSSR count). The van der Waals surface area contributed by atoms with Crippen molar-refractivity contribution in [3.05, 3.63) is 58.1 Å². The minimum Gasteiger partial charge on any atom is -0.593 e. The van der Waals surface area contributed by atoms with E-state index >= 15 is 0 Å². The van der Waals surface area contributed by atoms with Gasteiger partial charge in [0.05, 0.1) is 16.1 Å². The lowest BCUT2D eigenvalue weighted by Gasteiger charge is -2.20. The van der Waals surface area contributed by atoms with Crippen LogP contribution in [0.3, 0.4) is 0 Å². The Bertz CT molecular complexity index is 805. The van der Waals surface area contributed by atoms with Crippen LogP contribution >= 0.6 is 11.6 Å². The molecular formula is C20H23ClNO4+. The van der Waals surface area contributed by atoms with Crippen molar-refractivity contribution in [3.8, 4) is 11.5 Å². The van der Waals surface area contributed by atoms with E-state index in [-0.39, 0.29) is 16.5 Å². The molecule has 2 aromatic rings. The predicted octanol–water partition coefficient (Wildman–Crippen LogP) is 4.71. The van der Waals surface area contributed by atoms with E-state index in [9.17, 15) is 9.90 Å². The van der Waals surface area contributed by atoms with Crippen LogP contribution in [0.15, 0.2) is 36.4 Å². The Labute approximate surface area is 157 Å². The summed E-state index contributed by atoms with van der Waals surface area (Å²) in [6, 6.07) is 10.2. The summed E-state index contributed by atoms with van der Waals surface area (Å²) in [4.78, 5) is 11.7. The Balaban J connectivity index is 2.55. The monoisotopic (exact) mass is 376 g/mol. The van der Waals surface area contributed by atoms with Crippen molar-refractivity contribution >= 4 is 23.3 Å². The van der Waals surface area contributed by atoms with Gasteiger partial charge >= 0.3 is 5.97 Å². The van der Waals surface area contributed by atoms with Crippen LogP contribution in [0, 0.1) is 5.41 Å². The van der Waals surface area contributed by atoms with Crippen molar-refractivity contribution in [3.63, 3.8) is 0 Å². The Morgan fingerprint density at radius 3 is 2.50 bits per heavy atom. The number of carboxylic acid groups (broad SMARTS) is 1. The van der Waals surface area contributed by atoms with E-state index in [2.05, 4.69) is 0 Å². The molecular weight excluding hydrogens is 354 g/mol. The largest absolute Gasteiger partial charge is 0.593 e. The van der Waals surface area contributed by atoms with E-state index < -0.39 is 12.1 Å². The predicted molar refractivity (Wildman–Crippen MR) is 103 cm³/mol. The molecule has 0 spiro atoms. The molecule has 0 saturated heterocycles. The van der Waals surface area contributed by atoms with E-state index in [0.717, 1.165) is 6.42 Å². The number of ether oxygens (including phenoxy) is 1. The number of hydrogen-bond acceptors (Lipinski definition) is 3. The van der Waals surface area contributed by atoms with E-state index in [4.69, 9.17) is 26.9 Å². The number of carboxylic acids is 1. The lowest BCUT2D eigenvalue weighted by molar-refractivity contribution is -0.145. The summed E-state index contributed by atoms with van der Waals surface area (Å²) in [5.41, 5.74) is 1.81. The third kappa shape index (κ3) is 4.17. The Morgan fingerprint density at radius 1 is 1.31 bits per heavy atom. The molecule has 0 saturated carbocycles. The zero-order valence-electron chi connectivity index (χ0n) is 14.8. The zero-order chi connectivity index (χ0) is 19.3. The van der Waals surface area contributed by atoms with E-state index in [0.29, 0.717) is 35.2 Å². The number of nitrogens with one attached hydrogen (secondary N) is 1. The second kappa shape index (κ2) is 8.72. The number of rotatable bonds is 8. The number of hydrogen-bond donors (Lipinski definition) is 2. The topological polar surface area (TPSA) is 93.3 Å². The molecule has 5 nitrogen and oxygen atoms in total. The van der Waals surface area contributed by atoms with E-state index in [1.54, 1.807) is 30.3 Å². The maximum Gasteiger partial charge on any atom is 0.349 e. The molecule has 6 heteroatoms. The van der Waals surface area contributed by atoms with Crippen molar-refractivity contribution in [1.29, 1.82) is 5.41 Å². The van der Waals surface area contributed by atoms with Crippen LogP contribution in [0.5, 0.6) is 11.5 Å². The number of benzene rings is 2. The standard InChI is InChI=1S/C20H22ClNO4/c1-3-8-13-17(23)14(16(22)4-2)11-15(21)19(13)26-18(20(24)25)12-9-6-5-7-10-12/h5-7,9-11,18,22-23H,3-4,8H2,1-2H3,(H,24,25)/p+1. The van der Waals surface area contributed by atoms with Crippen LogP contribution in [0.4, 0.5) is 0 Å². The van der Waals surface area contributed by atoms with E-state index in [1.807, 2.05) is 13.8 Å². The Kier molecular flexibility index (Phi) is 6.64. The van der Waals surface area contributed by atoms with Crippen LogP contribution < -0.4 is 4.74 Å². The summed E-state index contributed by atoms with van der Waals surface area (Å²) in [5, 5.41) is 26.3. The molecule has 0 radical (unpaired) electrons. The fraction of sp³-hybridized carbons (Fsp3) is 0.300. The summed E-state index contributed by atoms with van der Waals surface area (Å²) < 4.78 is 5.80. The molecule has 1 unspecified atom stereocenters. The lowest BCUT2D eigenvalue weighted by Crippen LogP contribution is -2.19. The van der Waals surface area contributed by atoms with Crippen LogP contribution in [0.2, 0.25) is 5.02 Å². The van der Waals surface area contributed by atoms with Crippen molar-refractivity contribution < 1.29 is 19.7 Å². The summed E-state index contributed by atoms with van der Waals surface area (Å²) >= 11 is 6.38. The molecule has 1 atom stereocenters. The number of carbonyl (C=O) groups is 1. The molecule has 0 bridgehead atoms. The van der Waals surface area contributed by atoms with Crippen LogP contribution in [0.1, 0.15) is 49.5 Å². The first-order chi connectivity index (χ1) is 12.4. The molecule has 26 heavy (non-hydrogen) atoms. The summed E-state index contributed by atoms with van der Waals surface area (Å²) in [5.74, 6) is -0.746. The SMILES string of the molecule is CCCc1c([OH2+])c(C(=N)CC)cc(Cl)c1OC(C(=O)O)c1ccccc1. The van der Waals surface area contributed by atoms with Gasteiger partial charge in [0.25, 0.3) is 5.75 Å². The van der Waals surface area contributed by atoms with Crippen LogP contribution in [0.25, 0.3) is 0 Å². The fourth-order valence-corrected chi connectivity index (χ4v) is 3.00. The maximum atomic E-state index is 11.7. The lowest BCUT2D eigenvalue weighted by atomic mass is 9.99. The maximum absolute atomic E-state index is 11.7. The first kappa shape index (κ1) is 19.8. The fourth-order valence-electron chi connectivity index (χ4n) is 2.74.